The minimum Gasteiger partial charge on any atom is -0.332 e. The molecule has 1 aliphatic heterocycles. The predicted octanol–water partition coefficient (Wildman–Crippen LogP) is 2.09. The number of imidazole rings is 1. The summed E-state index contributed by atoms with van der Waals surface area (Å²) in [5.74, 6) is 1.89. The van der Waals surface area contributed by atoms with Crippen LogP contribution in [0.3, 0.4) is 0 Å². The molecule has 1 aliphatic rings. The Morgan fingerprint density at radius 3 is 3.18 bits per heavy atom. The summed E-state index contributed by atoms with van der Waals surface area (Å²) in [5.41, 5.74) is 1.42. The molecule has 0 saturated heterocycles. The van der Waals surface area contributed by atoms with E-state index < -0.39 is 0 Å². The van der Waals surface area contributed by atoms with Crippen molar-refractivity contribution in [1.82, 2.24) is 9.55 Å². The molecule has 2 heteroatoms. The molecule has 0 fully saturated rings. The molecule has 0 bridgehead atoms. The second-order valence-corrected chi connectivity index (χ2v) is 3.43. The highest BCUT2D eigenvalue weighted by Gasteiger charge is 2.17. The molecule has 2 nitrogen and oxygen atoms in total. The smallest absolute Gasteiger partial charge is 0.105 e. The Bertz CT molecular complexity index is 263. The number of nitrogens with zero attached hydrogens (tertiary/aromatic N) is 2. The van der Waals surface area contributed by atoms with Crippen LogP contribution in [0.4, 0.5) is 0 Å². The van der Waals surface area contributed by atoms with Crippen LogP contribution in [-0.4, -0.2) is 9.55 Å². The molecule has 1 aromatic rings. The van der Waals surface area contributed by atoms with E-state index in [1.54, 1.807) is 0 Å². The zero-order chi connectivity index (χ0) is 7.84. The van der Waals surface area contributed by atoms with Crippen LogP contribution in [0, 0.1) is 6.92 Å². The van der Waals surface area contributed by atoms with Gasteiger partial charge in [0.15, 0.2) is 0 Å². The van der Waals surface area contributed by atoms with Gasteiger partial charge in [-0.3, -0.25) is 0 Å². The molecule has 0 amide bonds. The van der Waals surface area contributed by atoms with E-state index in [0.717, 1.165) is 0 Å². The Kier molecular flexibility index (Phi) is 1.48. The van der Waals surface area contributed by atoms with E-state index in [-0.39, 0.29) is 0 Å². The number of hydrogen-bond donors (Lipinski definition) is 0. The standard InChI is InChI=1S/C9H14N2/c1-7-4-3-5-11-8(2)10-6-9(7)11/h6-7H,3-5H2,1-2H3. The van der Waals surface area contributed by atoms with E-state index in [9.17, 15) is 0 Å². The minimum absolute atomic E-state index is 0.713. The van der Waals surface area contributed by atoms with Crippen LogP contribution in [0.25, 0.3) is 0 Å². The zero-order valence-electron chi connectivity index (χ0n) is 7.17. The molecule has 2 heterocycles. The molecule has 0 aliphatic carbocycles. The lowest BCUT2D eigenvalue weighted by Crippen LogP contribution is -2.13. The van der Waals surface area contributed by atoms with E-state index >= 15 is 0 Å². The number of hydrogen-bond acceptors (Lipinski definition) is 1. The third kappa shape index (κ3) is 0.971. The molecule has 0 saturated carbocycles. The highest BCUT2D eigenvalue weighted by molar-refractivity contribution is 5.11. The summed E-state index contributed by atoms with van der Waals surface area (Å²) >= 11 is 0. The van der Waals surface area contributed by atoms with Gasteiger partial charge in [-0.25, -0.2) is 4.98 Å². The van der Waals surface area contributed by atoms with Gasteiger partial charge in [-0.15, -0.1) is 0 Å². The van der Waals surface area contributed by atoms with Gasteiger partial charge in [0.2, 0.25) is 0 Å². The Hall–Kier alpha value is -0.790. The number of fused-ring (bicyclic) bond motifs is 1. The van der Waals surface area contributed by atoms with Crippen molar-refractivity contribution >= 4 is 0 Å². The first-order valence-electron chi connectivity index (χ1n) is 4.31. The quantitative estimate of drug-likeness (QED) is 0.553. The van der Waals surface area contributed by atoms with Crippen molar-refractivity contribution < 1.29 is 0 Å². The van der Waals surface area contributed by atoms with Gasteiger partial charge in [-0.2, -0.15) is 0 Å². The predicted molar refractivity (Wildman–Crippen MR) is 44.6 cm³/mol. The lowest BCUT2D eigenvalue weighted by molar-refractivity contribution is 0.468. The van der Waals surface area contributed by atoms with Crippen molar-refractivity contribution in [3.05, 3.63) is 17.7 Å². The first kappa shape index (κ1) is 6.89. The van der Waals surface area contributed by atoms with E-state index in [4.69, 9.17) is 0 Å². The summed E-state index contributed by atoms with van der Waals surface area (Å²) in [6.07, 6.45) is 4.66. The molecule has 11 heavy (non-hydrogen) atoms. The molecular weight excluding hydrogens is 136 g/mol. The van der Waals surface area contributed by atoms with Crippen LogP contribution in [-0.2, 0) is 6.54 Å². The molecule has 0 N–H and O–H groups in total. The van der Waals surface area contributed by atoms with E-state index in [1.165, 1.54) is 30.9 Å². The fourth-order valence-corrected chi connectivity index (χ4v) is 1.87. The molecule has 1 unspecified atom stereocenters. The lowest BCUT2D eigenvalue weighted by atomic mass is 9.99. The van der Waals surface area contributed by atoms with Gasteiger partial charge in [-0.05, 0) is 25.7 Å². The topological polar surface area (TPSA) is 17.8 Å². The van der Waals surface area contributed by atoms with Crippen LogP contribution < -0.4 is 0 Å². The summed E-state index contributed by atoms with van der Waals surface area (Å²) in [5, 5.41) is 0. The molecule has 0 spiro atoms. The maximum atomic E-state index is 4.31. The average Bonchev–Trinajstić information content (AvgIpc) is 2.35. The lowest BCUT2D eigenvalue weighted by Gasteiger charge is -2.21. The summed E-state index contributed by atoms with van der Waals surface area (Å²) in [6.45, 7) is 5.54. The van der Waals surface area contributed by atoms with E-state index in [0.29, 0.717) is 5.92 Å². The van der Waals surface area contributed by atoms with Crippen LogP contribution in [0.15, 0.2) is 6.20 Å². The van der Waals surface area contributed by atoms with Gasteiger partial charge in [0.05, 0.1) is 0 Å². The molecule has 1 atom stereocenters. The Morgan fingerprint density at radius 2 is 2.45 bits per heavy atom. The fraction of sp³-hybridized carbons (Fsp3) is 0.667. The molecule has 1 aromatic heterocycles. The molecule has 0 aromatic carbocycles. The number of rotatable bonds is 0. The monoisotopic (exact) mass is 150 g/mol. The highest BCUT2D eigenvalue weighted by Crippen LogP contribution is 2.26. The SMILES string of the molecule is Cc1ncc2n1CCCC2C. The Morgan fingerprint density at radius 1 is 1.64 bits per heavy atom. The van der Waals surface area contributed by atoms with E-state index in [1.807, 2.05) is 6.20 Å². The van der Waals surface area contributed by atoms with E-state index in [2.05, 4.69) is 23.4 Å². The van der Waals surface area contributed by atoms with Crippen LogP contribution in [0.5, 0.6) is 0 Å². The maximum absolute atomic E-state index is 4.31. The van der Waals surface area contributed by atoms with Crippen LogP contribution in [0.1, 0.15) is 37.2 Å². The van der Waals surface area contributed by atoms with Gasteiger partial charge < -0.3 is 4.57 Å². The number of aromatic nitrogens is 2. The van der Waals surface area contributed by atoms with Gasteiger partial charge in [0.25, 0.3) is 0 Å². The third-order valence-electron chi connectivity index (χ3n) is 2.61. The van der Waals surface area contributed by atoms with Crippen molar-refractivity contribution in [2.45, 2.75) is 39.2 Å². The van der Waals surface area contributed by atoms with Crippen molar-refractivity contribution in [3.8, 4) is 0 Å². The fourth-order valence-electron chi connectivity index (χ4n) is 1.87. The first-order chi connectivity index (χ1) is 5.29. The summed E-state index contributed by atoms with van der Waals surface area (Å²) in [7, 11) is 0. The summed E-state index contributed by atoms with van der Waals surface area (Å²) in [6, 6.07) is 0. The van der Waals surface area contributed by atoms with Gasteiger partial charge in [-0.1, -0.05) is 6.92 Å². The van der Waals surface area contributed by atoms with Crippen molar-refractivity contribution in [3.63, 3.8) is 0 Å². The molecular formula is C9H14N2. The Balaban J connectivity index is 2.46. The van der Waals surface area contributed by atoms with Gasteiger partial charge in [0, 0.05) is 18.4 Å². The largest absolute Gasteiger partial charge is 0.332 e. The van der Waals surface area contributed by atoms with Gasteiger partial charge >= 0.3 is 0 Å². The zero-order valence-corrected chi connectivity index (χ0v) is 7.17. The Labute approximate surface area is 67.3 Å². The minimum atomic E-state index is 0.713. The second kappa shape index (κ2) is 2.36. The second-order valence-electron chi connectivity index (χ2n) is 3.43. The van der Waals surface area contributed by atoms with Crippen molar-refractivity contribution in [1.29, 1.82) is 0 Å². The highest BCUT2D eigenvalue weighted by atomic mass is 15.1. The normalized spacial score (nSPS) is 23.3. The molecule has 2 rings (SSSR count). The maximum Gasteiger partial charge on any atom is 0.105 e. The molecule has 60 valence electrons. The van der Waals surface area contributed by atoms with Crippen LogP contribution >= 0.6 is 0 Å². The summed E-state index contributed by atoms with van der Waals surface area (Å²) < 4.78 is 2.34. The summed E-state index contributed by atoms with van der Waals surface area (Å²) in [4.78, 5) is 4.31. The third-order valence-corrected chi connectivity index (χ3v) is 2.61. The van der Waals surface area contributed by atoms with Crippen molar-refractivity contribution in [2.24, 2.45) is 0 Å². The first-order valence-corrected chi connectivity index (χ1v) is 4.31. The van der Waals surface area contributed by atoms with Crippen molar-refractivity contribution in [2.75, 3.05) is 0 Å². The molecule has 0 radical (unpaired) electrons. The van der Waals surface area contributed by atoms with Crippen LogP contribution in [0.2, 0.25) is 0 Å². The van der Waals surface area contributed by atoms with Gasteiger partial charge in [0.1, 0.15) is 5.82 Å². The average molecular weight is 150 g/mol. The number of aryl methyl sites for hydroxylation is 1.